The van der Waals surface area contributed by atoms with Gasteiger partial charge in [-0.25, -0.2) is 9.37 Å². The van der Waals surface area contributed by atoms with Crippen molar-refractivity contribution in [1.29, 1.82) is 0 Å². The highest BCUT2D eigenvalue weighted by atomic mass is 19.1. The first-order chi connectivity index (χ1) is 12.2. The second-order valence-electron chi connectivity index (χ2n) is 5.73. The van der Waals surface area contributed by atoms with Crippen molar-refractivity contribution < 1.29 is 13.9 Å². The van der Waals surface area contributed by atoms with E-state index in [-0.39, 0.29) is 11.7 Å². The molecule has 5 nitrogen and oxygen atoms in total. The van der Waals surface area contributed by atoms with Crippen LogP contribution in [0.15, 0.2) is 48.7 Å². The highest BCUT2D eigenvalue weighted by Gasteiger charge is 2.11. The summed E-state index contributed by atoms with van der Waals surface area (Å²) in [5.41, 5.74) is 1.70. The SMILES string of the molecule is O=C(C=Cc1ccc(F)cc1)NCc1ccc(N2CCOCC2)nc1. The maximum Gasteiger partial charge on any atom is 0.244 e. The summed E-state index contributed by atoms with van der Waals surface area (Å²) in [7, 11) is 0. The van der Waals surface area contributed by atoms with E-state index in [2.05, 4.69) is 15.2 Å². The van der Waals surface area contributed by atoms with E-state index in [9.17, 15) is 9.18 Å². The molecule has 130 valence electrons. The first-order valence-electron chi connectivity index (χ1n) is 8.20. The first kappa shape index (κ1) is 17.1. The molecule has 3 rings (SSSR count). The van der Waals surface area contributed by atoms with Gasteiger partial charge in [0.15, 0.2) is 0 Å². The molecule has 1 saturated heterocycles. The Balaban J connectivity index is 1.49. The maximum atomic E-state index is 12.8. The van der Waals surface area contributed by atoms with E-state index in [0.29, 0.717) is 6.54 Å². The van der Waals surface area contributed by atoms with Gasteiger partial charge in [-0.1, -0.05) is 18.2 Å². The average Bonchev–Trinajstić information content (AvgIpc) is 2.67. The van der Waals surface area contributed by atoms with Gasteiger partial charge in [0.2, 0.25) is 5.91 Å². The number of amides is 1. The number of hydrogen-bond acceptors (Lipinski definition) is 4. The number of halogens is 1. The van der Waals surface area contributed by atoms with Gasteiger partial charge in [-0.3, -0.25) is 4.79 Å². The first-order valence-corrected chi connectivity index (χ1v) is 8.20. The Labute approximate surface area is 146 Å². The Morgan fingerprint density at radius 1 is 1.20 bits per heavy atom. The predicted molar refractivity (Wildman–Crippen MR) is 94.5 cm³/mol. The van der Waals surface area contributed by atoms with Gasteiger partial charge in [0.25, 0.3) is 0 Å². The molecule has 0 bridgehead atoms. The van der Waals surface area contributed by atoms with Gasteiger partial charge >= 0.3 is 0 Å². The van der Waals surface area contributed by atoms with Crippen molar-refractivity contribution in [3.8, 4) is 0 Å². The van der Waals surface area contributed by atoms with Crippen molar-refractivity contribution in [1.82, 2.24) is 10.3 Å². The number of morpholine rings is 1. The summed E-state index contributed by atoms with van der Waals surface area (Å²) in [6, 6.07) is 9.88. The fourth-order valence-electron chi connectivity index (χ4n) is 2.49. The summed E-state index contributed by atoms with van der Waals surface area (Å²) in [5, 5.41) is 2.81. The molecular weight excluding hydrogens is 321 g/mol. The summed E-state index contributed by atoms with van der Waals surface area (Å²) in [6.45, 7) is 3.54. The molecule has 1 aromatic carbocycles. The largest absolute Gasteiger partial charge is 0.378 e. The molecule has 1 aromatic heterocycles. The van der Waals surface area contributed by atoms with Gasteiger partial charge in [0.05, 0.1) is 13.2 Å². The van der Waals surface area contributed by atoms with E-state index in [1.54, 1.807) is 24.4 Å². The fourth-order valence-corrected chi connectivity index (χ4v) is 2.49. The third-order valence-electron chi connectivity index (χ3n) is 3.91. The third-order valence-corrected chi connectivity index (χ3v) is 3.91. The van der Waals surface area contributed by atoms with Crippen LogP contribution in [0.3, 0.4) is 0 Å². The van der Waals surface area contributed by atoms with Crippen LogP contribution in [-0.2, 0) is 16.1 Å². The zero-order valence-corrected chi connectivity index (χ0v) is 13.8. The monoisotopic (exact) mass is 341 g/mol. The van der Waals surface area contributed by atoms with E-state index in [1.807, 2.05) is 12.1 Å². The molecule has 1 N–H and O–H groups in total. The van der Waals surface area contributed by atoms with Crippen molar-refractivity contribution >= 4 is 17.8 Å². The number of nitrogens with zero attached hydrogens (tertiary/aromatic N) is 2. The molecule has 0 aliphatic carbocycles. The number of hydrogen-bond donors (Lipinski definition) is 1. The number of nitrogens with one attached hydrogen (secondary N) is 1. The zero-order valence-electron chi connectivity index (χ0n) is 13.8. The second kappa shape index (κ2) is 8.39. The third kappa shape index (κ3) is 5.12. The topological polar surface area (TPSA) is 54.5 Å². The van der Waals surface area contributed by atoms with E-state index in [1.165, 1.54) is 18.2 Å². The summed E-state index contributed by atoms with van der Waals surface area (Å²) in [6.07, 6.45) is 4.85. The number of ether oxygens (including phenoxy) is 1. The number of pyridine rings is 1. The van der Waals surface area contributed by atoms with Crippen LogP contribution >= 0.6 is 0 Å². The molecular formula is C19H20FN3O2. The summed E-state index contributed by atoms with van der Waals surface area (Å²) in [5.74, 6) is 0.422. The molecule has 1 aliphatic rings. The summed E-state index contributed by atoms with van der Waals surface area (Å²) >= 11 is 0. The van der Waals surface area contributed by atoms with E-state index in [4.69, 9.17) is 4.74 Å². The lowest BCUT2D eigenvalue weighted by atomic mass is 10.2. The fraction of sp³-hybridized carbons (Fsp3) is 0.263. The molecule has 6 heteroatoms. The Morgan fingerprint density at radius 2 is 1.96 bits per heavy atom. The number of rotatable bonds is 5. The molecule has 1 amide bonds. The summed E-state index contributed by atoms with van der Waals surface area (Å²) in [4.78, 5) is 18.5. The number of anilines is 1. The molecule has 0 saturated carbocycles. The Hall–Kier alpha value is -2.73. The van der Waals surface area contributed by atoms with Crippen LogP contribution in [0.5, 0.6) is 0 Å². The lowest BCUT2D eigenvalue weighted by Crippen LogP contribution is -2.36. The normalized spacial score (nSPS) is 14.7. The number of carbonyl (C=O) groups excluding carboxylic acids is 1. The van der Waals surface area contributed by atoms with E-state index >= 15 is 0 Å². The van der Waals surface area contributed by atoms with Crippen LogP contribution in [0, 0.1) is 5.82 Å². The van der Waals surface area contributed by atoms with Crippen molar-refractivity contribution in [2.24, 2.45) is 0 Å². The molecule has 0 radical (unpaired) electrons. The standard InChI is InChI=1S/C19H20FN3O2/c20-17-5-1-15(2-6-17)4-8-19(24)22-14-16-3-7-18(21-13-16)23-9-11-25-12-10-23/h1-8,13H,9-12,14H2,(H,22,24). The van der Waals surface area contributed by atoms with Crippen molar-refractivity contribution in [2.45, 2.75) is 6.54 Å². The van der Waals surface area contributed by atoms with Crippen molar-refractivity contribution in [3.05, 3.63) is 65.6 Å². The highest BCUT2D eigenvalue weighted by molar-refractivity contribution is 5.91. The molecule has 25 heavy (non-hydrogen) atoms. The molecule has 1 fully saturated rings. The van der Waals surface area contributed by atoms with Crippen LogP contribution in [0.25, 0.3) is 6.08 Å². The Kier molecular flexibility index (Phi) is 5.74. The quantitative estimate of drug-likeness (QED) is 0.849. The number of benzene rings is 1. The second-order valence-corrected chi connectivity index (χ2v) is 5.73. The Morgan fingerprint density at radius 3 is 2.64 bits per heavy atom. The zero-order chi connectivity index (χ0) is 17.5. The van der Waals surface area contributed by atoms with Gasteiger partial charge in [0.1, 0.15) is 11.6 Å². The molecule has 0 unspecified atom stereocenters. The van der Waals surface area contributed by atoms with Crippen LogP contribution in [0.2, 0.25) is 0 Å². The van der Waals surface area contributed by atoms with E-state index < -0.39 is 0 Å². The van der Waals surface area contributed by atoms with Gasteiger partial charge in [-0.05, 0) is 35.4 Å². The van der Waals surface area contributed by atoms with Gasteiger partial charge in [0, 0.05) is 31.9 Å². The van der Waals surface area contributed by atoms with Gasteiger partial charge < -0.3 is 15.0 Å². The molecule has 1 aliphatic heterocycles. The smallest absolute Gasteiger partial charge is 0.244 e. The van der Waals surface area contributed by atoms with Crippen molar-refractivity contribution in [2.75, 3.05) is 31.2 Å². The lowest BCUT2D eigenvalue weighted by Gasteiger charge is -2.27. The predicted octanol–water partition coefficient (Wildman–Crippen LogP) is 2.39. The summed E-state index contributed by atoms with van der Waals surface area (Å²) < 4.78 is 18.2. The lowest BCUT2D eigenvalue weighted by molar-refractivity contribution is -0.116. The van der Waals surface area contributed by atoms with Crippen LogP contribution in [0.4, 0.5) is 10.2 Å². The van der Waals surface area contributed by atoms with Crippen LogP contribution in [-0.4, -0.2) is 37.2 Å². The molecule has 0 atom stereocenters. The van der Waals surface area contributed by atoms with Gasteiger partial charge in [-0.15, -0.1) is 0 Å². The van der Waals surface area contributed by atoms with Gasteiger partial charge in [-0.2, -0.15) is 0 Å². The minimum absolute atomic E-state index is 0.207. The molecule has 2 heterocycles. The van der Waals surface area contributed by atoms with Crippen LogP contribution < -0.4 is 10.2 Å². The highest BCUT2D eigenvalue weighted by Crippen LogP contribution is 2.13. The van der Waals surface area contributed by atoms with Crippen LogP contribution in [0.1, 0.15) is 11.1 Å². The minimum Gasteiger partial charge on any atom is -0.378 e. The molecule has 0 spiro atoms. The number of carbonyl (C=O) groups is 1. The Bertz CT molecular complexity index is 723. The minimum atomic E-state index is -0.297. The number of aromatic nitrogens is 1. The average molecular weight is 341 g/mol. The molecule has 2 aromatic rings. The van der Waals surface area contributed by atoms with E-state index in [0.717, 1.165) is 43.2 Å². The van der Waals surface area contributed by atoms with Crippen molar-refractivity contribution in [3.63, 3.8) is 0 Å². The maximum absolute atomic E-state index is 12.8.